The lowest BCUT2D eigenvalue weighted by Crippen LogP contribution is -2.49. The van der Waals surface area contributed by atoms with E-state index in [0.29, 0.717) is 34.6 Å². The van der Waals surface area contributed by atoms with Crippen LogP contribution in [0.1, 0.15) is 5.56 Å². The van der Waals surface area contributed by atoms with Crippen LogP contribution in [0, 0.1) is 0 Å². The molecule has 3 aromatic carbocycles. The Kier molecular flexibility index (Phi) is 9.86. The number of carboxylic acid groups (broad SMARTS) is 1. The van der Waals surface area contributed by atoms with Gasteiger partial charge in [-0.1, -0.05) is 41.4 Å². The molecule has 0 unspecified atom stereocenters. The van der Waals surface area contributed by atoms with Crippen molar-refractivity contribution in [2.45, 2.75) is 12.7 Å². The van der Waals surface area contributed by atoms with Crippen molar-refractivity contribution in [2.75, 3.05) is 31.5 Å². The van der Waals surface area contributed by atoms with Crippen LogP contribution >= 0.6 is 34.9 Å². The van der Waals surface area contributed by atoms with Gasteiger partial charge in [0.25, 0.3) is 0 Å². The number of halogens is 5. The Bertz CT molecular complexity index is 1530. The highest BCUT2D eigenvalue weighted by Crippen LogP contribution is 2.30. The summed E-state index contributed by atoms with van der Waals surface area (Å²) < 4.78 is 46.2. The SMILES string of the molecule is O=C(Nc1cccc2nsnc12)N1CCN(Cc2cccc(Oc3ccc(Cl)c(Cl)c3)c2)CC1.O=C(O)C(F)(F)F. The maximum atomic E-state index is 12.8. The van der Waals surface area contributed by atoms with Gasteiger partial charge in [-0.3, -0.25) is 4.90 Å². The van der Waals surface area contributed by atoms with Crippen LogP contribution in [0.3, 0.4) is 0 Å². The number of piperazine rings is 1. The van der Waals surface area contributed by atoms with E-state index in [0.717, 1.165) is 53.7 Å². The maximum Gasteiger partial charge on any atom is 0.490 e. The predicted octanol–water partition coefficient (Wildman–Crippen LogP) is 6.77. The molecule has 5 rings (SSSR count). The number of fused-ring (bicyclic) bond motifs is 1. The van der Waals surface area contributed by atoms with Crippen molar-refractivity contribution in [3.63, 3.8) is 0 Å². The smallest absolute Gasteiger partial charge is 0.475 e. The molecule has 1 aromatic heterocycles. The van der Waals surface area contributed by atoms with Gasteiger partial charge in [0.15, 0.2) is 0 Å². The van der Waals surface area contributed by atoms with Crippen LogP contribution in [-0.2, 0) is 11.3 Å². The van der Waals surface area contributed by atoms with E-state index in [4.69, 9.17) is 37.8 Å². The van der Waals surface area contributed by atoms with E-state index in [1.807, 2.05) is 41.3 Å². The van der Waals surface area contributed by atoms with E-state index < -0.39 is 12.1 Å². The molecule has 0 bridgehead atoms. The largest absolute Gasteiger partial charge is 0.490 e. The minimum atomic E-state index is -5.08. The first-order valence-electron chi connectivity index (χ1n) is 12.0. The van der Waals surface area contributed by atoms with Crippen molar-refractivity contribution in [3.8, 4) is 11.5 Å². The first-order chi connectivity index (χ1) is 19.5. The first-order valence-corrected chi connectivity index (χ1v) is 13.5. The second kappa shape index (κ2) is 13.3. The lowest BCUT2D eigenvalue weighted by atomic mass is 10.2. The number of nitrogens with one attached hydrogen (secondary N) is 1. The third-order valence-electron chi connectivity index (χ3n) is 5.86. The molecule has 1 saturated heterocycles. The van der Waals surface area contributed by atoms with Crippen molar-refractivity contribution in [1.29, 1.82) is 0 Å². The molecule has 1 aliphatic heterocycles. The highest BCUT2D eigenvalue weighted by Gasteiger charge is 2.38. The number of hydrogen-bond acceptors (Lipinski definition) is 7. The molecular weight excluding hydrogens is 606 g/mol. The molecule has 0 atom stereocenters. The van der Waals surface area contributed by atoms with Crippen LogP contribution in [0.2, 0.25) is 10.0 Å². The number of benzene rings is 3. The molecule has 1 fully saturated rings. The molecule has 41 heavy (non-hydrogen) atoms. The number of anilines is 1. The van der Waals surface area contributed by atoms with Crippen molar-refractivity contribution >= 4 is 63.7 Å². The molecule has 0 aliphatic carbocycles. The van der Waals surface area contributed by atoms with Gasteiger partial charge in [0.05, 0.1) is 27.5 Å². The zero-order chi connectivity index (χ0) is 29.6. The molecule has 2 heterocycles. The van der Waals surface area contributed by atoms with Crippen LogP contribution in [0.4, 0.5) is 23.7 Å². The third kappa shape index (κ3) is 8.43. The fourth-order valence-corrected chi connectivity index (χ4v) is 4.69. The zero-order valence-corrected chi connectivity index (χ0v) is 23.4. The Balaban J connectivity index is 0.000000493. The molecule has 9 nitrogen and oxygen atoms in total. The Morgan fingerprint density at radius 1 is 0.951 bits per heavy atom. The summed E-state index contributed by atoms with van der Waals surface area (Å²) in [7, 11) is 0. The van der Waals surface area contributed by atoms with Crippen LogP contribution in [0.5, 0.6) is 11.5 Å². The number of ether oxygens (including phenoxy) is 1. The maximum absolute atomic E-state index is 12.8. The Labute approximate surface area is 246 Å². The molecule has 2 N–H and O–H groups in total. The second-order valence-corrected chi connectivity index (χ2v) is 10.1. The second-order valence-electron chi connectivity index (χ2n) is 8.76. The molecule has 0 radical (unpaired) electrons. The summed E-state index contributed by atoms with van der Waals surface area (Å²) in [6, 6.07) is 18.7. The summed E-state index contributed by atoms with van der Waals surface area (Å²) in [5.41, 5.74) is 3.34. The van der Waals surface area contributed by atoms with E-state index in [1.165, 1.54) is 0 Å². The monoisotopic (exact) mass is 627 g/mol. The van der Waals surface area contributed by atoms with Crippen molar-refractivity contribution in [3.05, 3.63) is 76.3 Å². The molecular formula is C26H22Cl2F3N5O4S. The van der Waals surface area contributed by atoms with Gasteiger partial charge in [0, 0.05) is 38.8 Å². The summed E-state index contributed by atoms with van der Waals surface area (Å²) in [6.07, 6.45) is -5.08. The number of alkyl halides is 3. The molecule has 216 valence electrons. The number of nitrogens with zero attached hydrogens (tertiary/aromatic N) is 4. The average Bonchev–Trinajstić information content (AvgIpc) is 3.41. The normalized spacial score (nSPS) is 13.8. The quantitative estimate of drug-likeness (QED) is 0.251. The van der Waals surface area contributed by atoms with E-state index in [-0.39, 0.29) is 6.03 Å². The van der Waals surface area contributed by atoms with E-state index in [9.17, 15) is 18.0 Å². The number of urea groups is 1. The highest BCUT2D eigenvalue weighted by atomic mass is 35.5. The van der Waals surface area contributed by atoms with E-state index in [1.54, 1.807) is 18.2 Å². The average molecular weight is 628 g/mol. The van der Waals surface area contributed by atoms with Gasteiger partial charge in [0.2, 0.25) is 0 Å². The van der Waals surface area contributed by atoms with E-state index in [2.05, 4.69) is 25.0 Å². The Morgan fingerprint density at radius 3 is 2.32 bits per heavy atom. The minimum absolute atomic E-state index is 0.114. The molecule has 15 heteroatoms. The van der Waals surface area contributed by atoms with E-state index >= 15 is 0 Å². The lowest BCUT2D eigenvalue weighted by Gasteiger charge is -2.34. The number of rotatable bonds is 5. The zero-order valence-electron chi connectivity index (χ0n) is 21.1. The minimum Gasteiger partial charge on any atom is -0.475 e. The molecule has 1 aliphatic rings. The number of carbonyl (C=O) groups excluding carboxylic acids is 1. The summed E-state index contributed by atoms with van der Waals surface area (Å²) >= 11 is 13.2. The van der Waals surface area contributed by atoms with Crippen LogP contribution < -0.4 is 10.1 Å². The van der Waals surface area contributed by atoms with Crippen LogP contribution in [-0.4, -0.2) is 68.0 Å². The fraction of sp³-hybridized carbons (Fsp3) is 0.231. The number of carbonyl (C=O) groups is 2. The van der Waals surface area contributed by atoms with Gasteiger partial charge < -0.3 is 20.1 Å². The Hall–Kier alpha value is -3.65. The molecule has 0 saturated carbocycles. The lowest BCUT2D eigenvalue weighted by molar-refractivity contribution is -0.192. The van der Waals surface area contributed by atoms with Crippen LogP contribution in [0.25, 0.3) is 11.0 Å². The van der Waals surface area contributed by atoms with Gasteiger partial charge in [-0.25, -0.2) is 9.59 Å². The topological polar surface area (TPSA) is 108 Å². The number of carboxylic acids is 1. The Morgan fingerprint density at radius 2 is 1.63 bits per heavy atom. The number of amides is 2. The number of aromatic nitrogens is 2. The van der Waals surface area contributed by atoms with Crippen molar-refractivity contribution in [1.82, 2.24) is 18.5 Å². The standard InChI is InChI=1S/C24H21Cl2N5O2S.C2HF3O2/c25-19-8-7-18(14-20(19)26)33-17-4-1-3-16(13-17)15-30-9-11-31(12-10-30)24(32)27-21-5-2-6-22-23(21)29-34-28-22;3-2(4,5)1(6)7/h1-8,13-14H,9-12,15H2,(H,27,32);(H,6,7). The predicted molar refractivity (Wildman–Crippen MR) is 150 cm³/mol. The number of aliphatic carboxylic acids is 1. The summed E-state index contributed by atoms with van der Waals surface area (Å²) in [5.74, 6) is -1.39. The van der Waals surface area contributed by atoms with Crippen molar-refractivity contribution < 1.29 is 32.6 Å². The fourth-order valence-electron chi connectivity index (χ4n) is 3.85. The van der Waals surface area contributed by atoms with Gasteiger partial charge in [-0.05, 0) is 42.0 Å². The molecule has 4 aromatic rings. The highest BCUT2D eigenvalue weighted by molar-refractivity contribution is 7.00. The molecule has 0 spiro atoms. The van der Waals surface area contributed by atoms with Gasteiger partial charge in [-0.2, -0.15) is 21.9 Å². The van der Waals surface area contributed by atoms with Crippen molar-refractivity contribution in [2.24, 2.45) is 0 Å². The number of hydrogen-bond donors (Lipinski definition) is 2. The third-order valence-corrected chi connectivity index (χ3v) is 7.14. The van der Waals surface area contributed by atoms with Crippen LogP contribution in [0.15, 0.2) is 60.7 Å². The van der Waals surface area contributed by atoms with Gasteiger partial charge in [0.1, 0.15) is 22.5 Å². The summed E-state index contributed by atoms with van der Waals surface area (Å²) in [6.45, 7) is 3.65. The molecule has 2 amide bonds. The van der Waals surface area contributed by atoms with Gasteiger partial charge >= 0.3 is 18.2 Å². The summed E-state index contributed by atoms with van der Waals surface area (Å²) in [4.78, 5) is 25.8. The first kappa shape index (κ1) is 30.3. The summed E-state index contributed by atoms with van der Waals surface area (Å²) in [5, 5.41) is 11.1. The van der Waals surface area contributed by atoms with Gasteiger partial charge in [-0.15, -0.1) is 0 Å².